The van der Waals surface area contributed by atoms with E-state index in [9.17, 15) is 4.39 Å². The van der Waals surface area contributed by atoms with Crippen molar-refractivity contribution in [2.45, 2.75) is 6.54 Å². The molecule has 1 aromatic carbocycles. The number of hydrogen-bond donors (Lipinski definition) is 1. The van der Waals surface area contributed by atoms with Crippen LogP contribution in [0, 0.1) is 5.82 Å². The fourth-order valence-electron chi connectivity index (χ4n) is 1.57. The molecular weight excluding hydrogens is 223 g/mol. The summed E-state index contributed by atoms with van der Waals surface area (Å²) in [7, 11) is 1.87. The maximum absolute atomic E-state index is 13.6. The van der Waals surface area contributed by atoms with Crippen LogP contribution in [0.4, 0.5) is 15.8 Å². The molecule has 4 heteroatoms. The Hall–Kier alpha value is -1.55. The largest absolute Gasteiger partial charge is 0.399 e. The monoisotopic (exact) mass is 236 g/mol. The molecule has 2 N–H and O–H groups in total. The number of hydrogen-bond acceptors (Lipinski definition) is 3. The van der Waals surface area contributed by atoms with Crippen LogP contribution in [0.15, 0.2) is 35.0 Å². The minimum absolute atomic E-state index is 0.280. The van der Waals surface area contributed by atoms with E-state index in [2.05, 4.69) is 5.38 Å². The highest BCUT2D eigenvalue weighted by Gasteiger charge is 2.08. The van der Waals surface area contributed by atoms with Gasteiger partial charge in [-0.15, -0.1) is 0 Å². The molecule has 0 radical (unpaired) electrons. The van der Waals surface area contributed by atoms with Crippen molar-refractivity contribution in [2.75, 3.05) is 17.7 Å². The van der Waals surface area contributed by atoms with Gasteiger partial charge >= 0.3 is 0 Å². The molecule has 0 bridgehead atoms. The maximum atomic E-state index is 13.6. The highest BCUT2D eigenvalue weighted by Crippen LogP contribution is 2.22. The summed E-state index contributed by atoms with van der Waals surface area (Å²) in [4.78, 5) is 1.87. The average molecular weight is 236 g/mol. The third-order valence-corrected chi connectivity index (χ3v) is 3.11. The van der Waals surface area contributed by atoms with Crippen molar-refractivity contribution in [3.8, 4) is 0 Å². The second kappa shape index (κ2) is 4.53. The van der Waals surface area contributed by atoms with E-state index in [-0.39, 0.29) is 5.82 Å². The molecular formula is C12H13FN2S. The molecule has 0 atom stereocenters. The summed E-state index contributed by atoms with van der Waals surface area (Å²) >= 11 is 1.64. The molecule has 2 nitrogen and oxygen atoms in total. The molecule has 0 saturated carbocycles. The smallest absolute Gasteiger partial charge is 0.148 e. The van der Waals surface area contributed by atoms with E-state index in [4.69, 9.17) is 5.73 Å². The molecule has 0 spiro atoms. The Balaban J connectivity index is 2.17. The quantitative estimate of drug-likeness (QED) is 0.830. The van der Waals surface area contributed by atoms with E-state index in [0.29, 0.717) is 17.9 Å². The second-order valence-electron chi connectivity index (χ2n) is 3.70. The number of rotatable bonds is 3. The molecule has 2 rings (SSSR count). The first kappa shape index (κ1) is 11.0. The van der Waals surface area contributed by atoms with Gasteiger partial charge in [-0.2, -0.15) is 11.3 Å². The minimum Gasteiger partial charge on any atom is -0.399 e. The van der Waals surface area contributed by atoms with Gasteiger partial charge in [-0.25, -0.2) is 4.39 Å². The Morgan fingerprint density at radius 1 is 1.38 bits per heavy atom. The third kappa shape index (κ3) is 2.33. The van der Waals surface area contributed by atoms with E-state index >= 15 is 0 Å². The van der Waals surface area contributed by atoms with Crippen molar-refractivity contribution in [3.63, 3.8) is 0 Å². The number of nitrogens with zero attached hydrogens (tertiary/aromatic N) is 1. The summed E-state index contributed by atoms with van der Waals surface area (Å²) in [6.45, 7) is 0.699. The zero-order valence-electron chi connectivity index (χ0n) is 8.98. The Morgan fingerprint density at radius 2 is 2.19 bits per heavy atom. The van der Waals surface area contributed by atoms with Crippen molar-refractivity contribution in [1.82, 2.24) is 0 Å². The molecule has 0 aliphatic rings. The van der Waals surface area contributed by atoms with Gasteiger partial charge in [0.2, 0.25) is 0 Å². The molecule has 0 aliphatic carbocycles. The number of nitrogen functional groups attached to an aromatic ring is 1. The van der Waals surface area contributed by atoms with Crippen LogP contribution < -0.4 is 10.6 Å². The molecule has 0 fully saturated rings. The van der Waals surface area contributed by atoms with Crippen LogP contribution in [0.2, 0.25) is 0 Å². The Morgan fingerprint density at radius 3 is 2.81 bits per heavy atom. The van der Waals surface area contributed by atoms with Crippen LogP contribution in [0.3, 0.4) is 0 Å². The highest BCUT2D eigenvalue weighted by atomic mass is 32.1. The van der Waals surface area contributed by atoms with E-state index < -0.39 is 0 Å². The fourth-order valence-corrected chi connectivity index (χ4v) is 2.23. The predicted octanol–water partition coefficient (Wildman–Crippen LogP) is 3.11. The van der Waals surface area contributed by atoms with Crippen LogP contribution >= 0.6 is 11.3 Å². The van der Waals surface area contributed by atoms with E-state index in [0.717, 1.165) is 0 Å². The van der Waals surface area contributed by atoms with Gasteiger partial charge in [-0.05, 0) is 40.6 Å². The van der Waals surface area contributed by atoms with Crippen molar-refractivity contribution in [1.29, 1.82) is 0 Å². The summed E-state index contributed by atoms with van der Waals surface area (Å²) < 4.78 is 13.6. The summed E-state index contributed by atoms with van der Waals surface area (Å²) in [5.74, 6) is -0.280. The number of benzene rings is 1. The average Bonchev–Trinajstić information content (AvgIpc) is 2.70. The zero-order valence-corrected chi connectivity index (χ0v) is 9.80. The number of halogens is 1. The molecule has 0 saturated heterocycles. The van der Waals surface area contributed by atoms with Crippen LogP contribution in [0.5, 0.6) is 0 Å². The van der Waals surface area contributed by atoms with E-state index in [1.54, 1.807) is 23.5 Å². The summed E-state index contributed by atoms with van der Waals surface area (Å²) in [5, 5.41) is 4.08. The second-order valence-corrected chi connectivity index (χ2v) is 4.48. The lowest BCUT2D eigenvalue weighted by molar-refractivity contribution is 0.623. The maximum Gasteiger partial charge on any atom is 0.148 e. The first-order valence-electron chi connectivity index (χ1n) is 4.94. The highest BCUT2D eigenvalue weighted by molar-refractivity contribution is 7.07. The van der Waals surface area contributed by atoms with Gasteiger partial charge in [0.1, 0.15) is 5.82 Å². The first-order valence-corrected chi connectivity index (χ1v) is 5.88. The van der Waals surface area contributed by atoms with Gasteiger partial charge < -0.3 is 10.6 Å². The molecule has 1 aromatic heterocycles. The molecule has 2 aromatic rings. The van der Waals surface area contributed by atoms with Crippen LogP contribution in [-0.2, 0) is 6.54 Å². The van der Waals surface area contributed by atoms with Crippen LogP contribution in [-0.4, -0.2) is 7.05 Å². The van der Waals surface area contributed by atoms with Crippen LogP contribution in [0.1, 0.15) is 5.56 Å². The zero-order chi connectivity index (χ0) is 11.5. The Kier molecular flexibility index (Phi) is 3.10. The van der Waals surface area contributed by atoms with Gasteiger partial charge in [-0.1, -0.05) is 0 Å². The van der Waals surface area contributed by atoms with Crippen molar-refractivity contribution in [2.24, 2.45) is 0 Å². The molecule has 0 unspecified atom stereocenters. The normalized spacial score (nSPS) is 10.4. The molecule has 84 valence electrons. The molecule has 1 heterocycles. The van der Waals surface area contributed by atoms with E-state index in [1.807, 2.05) is 23.4 Å². The van der Waals surface area contributed by atoms with Gasteiger partial charge in [0, 0.05) is 19.3 Å². The lowest BCUT2D eigenvalue weighted by Crippen LogP contribution is -2.17. The topological polar surface area (TPSA) is 29.3 Å². The van der Waals surface area contributed by atoms with Gasteiger partial charge in [0.05, 0.1) is 5.69 Å². The van der Waals surface area contributed by atoms with Crippen LogP contribution in [0.25, 0.3) is 0 Å². The van der Waals surface area contributed by atoms with Crippen molar-refractivity contribution < 1.29 is 4.39 Å². The summed E-state index contributed by atoms with van der Waals surface area (Å²) in [5.41, 5.74) is 7.71. The first-order chi connectivity index (χ1) is 7.66. The summed E-state index contributed by atoms with van der Waals surface area (Å²) in [6.07, 6.45) is 0. The lowest BCUT2D eigenvalue weighted by Gasteiger charge is -2.19. The van der Waals surface area contributed by atoms with Gasteiger partial charge in [0.25, 0.3) is 0 Å². The third-order valence-electron chi connectivity index (χ3n) is 2.38. The van der Waals surface area contributed by atoms with Gasteiger partial charge in [0.15, 0.2) is 0 Å². The Labute approximate surface area is 98.1 Å². The lowest BCUT2D eigenvalue weighted by atomic mass is 10.2. The van der Waals surface area contributed by atoms with Crippen molar-refractivity contribution in [3.05, 3.63) is 46.4 Å². The van der Waals surface area contributed by atoms with E-state index in [1.165, 1.54) is 11.6 Å². The molecule has 0 amide bonds. The number of anilines is 2. The van der Waals surface area contributed by atoms with Crippen molar-refractivity contribution >= 4 is 22.7 Å². The minimum atomic E-state index is -0.280. The molecule has 16 heavy (non-hydrogen) atoms. The van der Waals surface area contributed by atoms with Gasteiger partial charge in [-0.3, -0.25) is 0 Å². The SMILES string of the molecule is CN(Cc1ccsc1)c1ccc(N)cc1F. The summed E-state index contributed by atoms with van der Waals surface area (Å²) in [6, 6.07) is 6.80. The Bertz CT molecular complexity index is 468. The fraction of sp³-hybridized carbons (Fsp3) is 0.167. The standard InChI is InChI=1S/C12H13FN2S/c1-15(7-9-4-5-16-8-9)12-3-2-10(14)6-11(12)13/h2-6,8H,7,14H2,1H3. The number of nitrogens with two attached hydrogens (primary N) is 1. The predicted molar refractivity (Wildman–Crippen MR) is 67.2 cm³/mol. The number of thiophene rings is 1. The molecule has 0 aliphatic heterocycles.